The van der Waals surface area contributed by atoms with Crippen molar-refractivity contribution >= 4 is 6.09 Å². The highest BCUT2D eigenvalue weighted by atomic mass is 16.4. The van der Waals surface area contributed by atoms with E-state index in [2.05, 4.69) is 5.32 Å². The van der Waals surface area contributed by atoms with Crippen LogP contribution in [0.3, 0.4) is 0 Å². The minimum Gasteiger partial charge on any atom is -0.465 e. The van der Waals surface area contributed by atoms with Crippen molar-refractivity contribution in [3.63, 3.8) is 0 Å². The first-order chi connectivity index (χ1) is 5.22. The standard InChI is InChI=1S/C7H14N2O2/c1-6-5-8-3-2-4-9(6)7(10)11/h6,8H,2-5H2,1H3,(H,10,11)/t6-/m0/s1. The summed E-state index contributed by atoms with van der Waals surface area (Å²) in [4.78, 5) is 12.1. The molecule has 0 unspecified atom stereocenters. The van der Waals surface area contributed by atoms with Gasteiger partial charge in [-0.1, -0.05) is 0 Å². The molecule has 1 rings (SSSR count). The van der Waals surface area contributed by atoms with Gasteiger partial charge >= 0.3 is 6.09 Å². The number of hydrogen-bond acceptors (Lipinski definition) is 2. The van der Waals surface area contributed by atoms with Gasteiger partial charge in [0.15, 0.2) is 0 Å². The maximum absolute atomic E-state index is 10.6. The Morgan fingerprint density at radius 1 is 1.73 bits per heavy atom. The number of nitrogens with zero attached hydrogens (tertiary/aromatic N) is 1. The number of rotatable bonds is 0. The summed E-state index contributed by atoms with van der Waals surface area (Å²) in [5.74, 6) is 0. The van der Waals surface area contributed by atoms with E-state index < -0.39 is 6.09 Å². The van der Waals surface area contributed by atoms with E-state index in [1.54, 1.807) is 0 Å². The van der Waals surface area contributed by atoms with E-state index in [-0.39, 0.29) is 6.04 Å². The molecule has 1 heterocycles. The first kappa shape index (κ1) is 8.33. The summed E-state index contributed by atoms with van der Waals surface area (Å²) < 4.78 is 0. The minimum absolute atomic E-state index is 0.106. The van der Waals surface area contributed by atoms with Gasteiger partial charge in [0.2, 0.25) is 0 Å². The van der Waals surface area contributed by atoms with E-state index in [4.69, 9.17) is 5.11 Å². The lowest BCUT2D eigenvalue weighted by Crippen LogP contribution is -2.40. The summed E-state index contributed by atoms with van der Waals surface area (Å²) in [7, 11) is 0. The van der Waals surface area contributed by atoms with Crippen LogP contribution in [0.5, 0.6) is 0 Å². The highest BCUT2D eigenvalue weighted by molar-refractivity contribution is 5.65. The molecule has 1 fully saturated rings. The van der Waals surface area contributed by atoms with Gasteiger partial charge in [-0.2, -0.15) is 0 Å². The molecule has 64 valence electrons. The average molecular weight is 158 g/mol. The Bertz CT molecular complexity index is 149. The Morgan fingerprint density at radius 2 is 2.45 bits per heavy atom. The lowest BCUT2D eigenvalue weighted by Gasteiger charge is -2.22. The maximum atomic E-state index is 10.6. The third-order valence-corrected chi connectivity index (χ3v) is 1.97. The van der Waals surface area contributed by atoms with Gasteiger partial charge in [-0.25, -0.2) is 4.79 Å². The first-order valence-electron chi connectivity index (χ1n) is 3.92. The Balaban J connectivity index is 2.52. The van der Waals surface area contributed by atoms with Crippen LogP contribution >= 0.6 is 0 Å². The van der Waals surface area contributed by atoms with Crippen molar-refractivity contribution in [3.05, 3.63) is 0 Å². The smallest absolute Gasteiger partial charge is 0.407 e. The van der Waals surface area contributed by atoms with Crippen LogP contribution in [0.2, 0.25) is 0 Å². The molecule has 0 aromatic carbocycles. The SMILES string of the molecule is C[C@H]1CNCCCN1C(=O)O. The van der Waals surface area contributed by atoms with Crippen LogP contribution in [-0.4, -0.2) is 41.8 Å². The molecule has 4 nitrogen and oxygen atoms in total. The van der Waals surface area contributed by atoms with Crippen LogP contribution in [0.25, 0.3) is 0 Å². The molecule has 4 heteroatoms. The van der Waals surface area contributed by atoms with Crippen LogP contribution in [0.1, 0.15) is 13.3 Å². The fourth-order valence-corrected chi connectivity index (χ4v) is 1.30. The second-order valence-corrected chi connectivity index (χ2v) is 2.88. The number of carboxylic acid groups (broad SMARTS) is 1. The Kier molecular flexibility index (Phi) is 2.70. The number of carbonyl (C=O) groups is 1. The van der Waals surface area contributed by atoms with Crippen LogP contribution in [-0.2, 0) is 0 Å². The topological polar surface area (TPSA) is 52.6 Å². The van der Waals surface area contributed by atoms with Crippen molar-refractivity contribution in [3.8, 4) is 0 Å². The second-order valence-electron chi connectivity index (χ2n) is 2.88. The summed E-state index contributed by atoms with van der Waals surface area (Å²) in [6, 6.07) is 0.106. The van der Waals surface area contributed by atoms with Gasteiger partial charge in [-0.15, -0.1) is 0 Å². The van der Waals surface area contributed by atoms with Crippen LogP contribution in [0.4, 0.5) is 4.79 Å². The highest BCUT2D eigenvalue weighted by Crippen LogP contribution is 2.03. The molecule has 0 bridgehead atoms. The zero-order valence-electron chi connectivity index (χ0n) is 6.71. The van der Waals surface area contributed by atoms with E-state index in [1.165, 1.54) is 4.90 Å². The highest BCUT2D eigenvalue weighted by Gasteiger charge is 2.20. The predicted octanol–water partition coefficient (Wildman–Crippen LogP) is 0.348. The lowest BCUT2D eigenvalue weighted by atomic mass is 10.3. The molecule has 1 aliphatic heterocycles. The summed E-state index contributed by atoms with van der Waals surface area (Å²) in [5.41, 5.74) is 0. The quantitative estimate of drug-likeness (QED) is 0.534. The van der Waals surface area contributed by atoms with Crippen molar-refractivity contribution < 1.29 is 9.90 Å². The molecular formula is C7H14N2O2. The average Bonchev–Trinajstić information content (AvgIpc) is 2.13. The third-order valence-electron chi connectivity index (χ3n) is 1.97. The molecule has 0 aromatic rings. The largest absolute Gasteiger partial charge is 0.465 e. The van der Waals surface area contributed by atoms with Crippen molar-refractivity contribution in [2.24, 2.45) is 0 Å². The molecule has 1 amide bonds. The van der Waals surface area contributed by atoms with Crippen molar-refractivity contribution in [2.75, 3.05) is 19.6 Å². The predicted molar refractivity (Wildman–Crippen MR) is 41.7 cm³/mol. The van der Waals surface area contributed by atoms with E-state index >= 15 is 0 Å². The summed E-state index contributed by atoms with van der Waals surface area (Å²) in [5, 5.41) is 11.9. The lowest BCUT2D eigenvalue weighted by molar-refractivity contribution is 0.132. The van der Waals surface area contributed by atoms with Gasteiger partial charge < -0.3 is 15.3 Å². The summed E-state index contributed by atoms with van der Waals surface area (Å²) >= 11 is 0. The summed E-state index contributed by atoms with van der Waals surface area (Å²) in [6.07, 6.45) is 0.109. The monoisotopic (exact) mass is 158 g/mol. The van der Waals surface area contributed by atoms with Crippen LogP contribution < -0.4 is 5.32 Å². The van der Waals surface area contributed by atoms with Gasteiger partial charge in [-0.3, -0.25) is 0 Å². The Morgan fingerprint density at radius 3 is 3.09 bits per heavy atom. The van der Waals surface area contributed by atoms with E-state index in [0.717, 1.165) is 19.5 Å². The molecule has 0 aromatic heterocycles. The fraction of sp³-hybridized carbons (Fsp3) is 0.857. The fourth-order valence-electron chi connectivity index (χ4n) is 1.30. The van der Waals surface area contributed by atoms with E-state index in [0.29, 0.717) is 6.54 Å². The molecule has 0 aliphatic carbocycles. The van der Waals surface area contributed by atoms with Gasteiger partial charge in [-0.05, 0) is 19.9 Å². The molecule has 0 spiro atoms. The first-order valence-corrected chi connectivity index (χ1v) is 3.92. The Labute approximate surface area is 66.2 Å². The minimum atomic E-state index is -0.804. The molecule has 1 saturated heterocycles. The zero-order chi connectivity index (χ0) is 8.27. The molecule has 1 atom stereocenters. The maximum Gasteiger partial charge on any atom is 0.407 e. The van der Waals surface area contributed by atoms with Crippen molar-refractivity contribution in [1.82, 2.24) is 10.2 Å². The summed E-state index contributed by atoms with van der Waals surface area (Å²) in [6.45, 7) is 4.27. The molecule has 0 saturated carbocycles. The van der Waals surface area contributed by atoms with Gasteiger partial charge in [0, 0.05) is 19.1 Å². The Hall–Kier alpha value is -0.770. The molecule has 11 heavy (non-hydrogen) atoms. The zero-order valence-corrected chi connectivity index (χ0v) is 6.71. The van der Waals surface area contributed by atoms with E-state index in [9.17, 15) is 4.79 Å². The molecular weight excluding hydrogens is 144 g/mol. The second kappa shape index (κ2) is 3.57. The molecule has 0 radical (unpaired) electrons. The van der Waals surface area contributed by atoms with Gasteiger partial charge in [0.25, 0.3) is 0 Å². The number of amides is 1. The van der Waals surface area contributed by atoms with Gasteiger partial charge in [0.05, 0.1) is 0 Å². The van der Waals surface area contributed by atoms with E-state index in [1.807, 2.05) is 6.92 Å². The van der Waals surface area contributed by atoms with Crippen molar-refractivity contribution in [1.29, 1.82) is 0 Å². The third kappa shape index (κ3) is 2.08. The molecule has 2 N–H and O–H groups in total. The number of nitrogens with one attached hydrogen (secondary N) is 1. The van der Waals surface area contributed by atoms with Crippen LogP contribution in [0, 0.1) is 0 Å². The van der Waals surface area contributed by atoms with Gasteiger partial charge in [0.1, 0.15) is 0 Å². The van der Waals surface area contributed by atoms with Crippen LogP contribution in [0.15, 0.2) is 0 Å². The van der Waals surface area contributed by atoms with Crippen molar-refractivity contribution in [2.45, 2.75) is 19.4 Å². The number of hydrogen-bond donors (Lipinski definition) is 2. The normalized spacial score (nSPS) is 26.3. The molecule has 1 aliphatic rings.